The molecule has 21 heavy (non-hydrogen) atoms. The summed E-state index contributed by atoms with van der Waals surface area (Å²) in [6.45, 7) is 4.68. The van der Waals surface area contributed by atoms with Crippen LogP contribution in [0.2, 0.25) is 0 Å². The zero-order chi connectivity index (χ0) is 15.2. The lowest BCUT2D eigenvalue weighted by Gasteiger charge is -2.21. The number of hydrogen-bond acceptors (Lipinski definition) is 4. The minimum Gasteiger partial charge on any atom is -0.351 e. The number of benzene rings is 1. The fourth-order valence-electron chi connectivity index (χ4n) is 2.24. The maximum absolute atomic E-state index is 12.4. The molecule has 0 spiro atoms. The first-order chi connectivity index (χ1) is 10.2. The van der Waals surface area contributed by atoms with Crippen molar-refractivity contribution in [2.75, 3.05) is 19.8 Å². The molecule has 3 amide bonds. The molecular weight excluding hydrogens is 272 g/mol. The lowest BCUT2D eigenvalue weighted by molar-refractivity contribution is -0.152. The van der Waals surface area contributed by atoms with E-state index < -0.39 is 18.4 Å². The van der Waals surface area contributed by atoms with Gasteiger partial charge in [-0.3, -0.25) is 9.69 Å². The number of urea groups is 1. The zero-order valence-electron chi connectivity index (χ0n) is 12.2. The smallest absolute Gasteiger partial charge is 0.325 e. The molecule has 1 N–H and O–H groups in total. The third kappa shape index (κ3) is 3.59. The highest BCUT2D eigenvalue weighted by Crippen LogP contribution is 2.22. The van der Waals surface area contributed by atoms with E-state index in [1.165, 1.54) is 0 Å². The molecule has 1 aromatic rings. The largest absolute Gasteiger partial charge is 0.351 e. The summed E-state index contributed by atoms with van der Waals surface area (Å²) in [5.74, 6) is -0.282. The molecule has 1 aromatic carbocycles. The number of nitrogens with one attached hydrogen (secondary N) is 1. The highest BCUT2D eigenvalue weighted by molar-refractivity contribution is 6.04. The summed E-state index contributed by atoms with van der Waals surface area (Å²) in [6, 6.07) is 8.11. The van der Waals surface area contributed by atoms with Crippen molar-refractivity contribution in [2.45, 2.75) is 26.2 Å². The highest BCUT2D eigenvalue weighted by Gasteiger charge is 2.40. The normalized spacial score (nSPS) is 18.4. The number of hydrogen-bond donors (Lipinski definition) is 1. The third-order valence-corrected chi connectivity index (χ3v) is 3.20. The molecular formula is C15H20N2O4. The van der Waals surface area contributed by atoms with Gasteiger partial charge in [0.1, 0.15) is 6.04 Å². The van der Waals surface area contributed by atoms with Crippen LogP contribution >= 0.6 is 0 Å². The van der Waals surface area contributed by atoms with Crippen LogP contribution in [0.25, 0.3) is 0 Å². The van der Waals surface area contributed by atoms with E-state index in [1.54, 1.807) is 0 Å². The number of carbonyl (C=O) groups excluding carboxylic acids is 2. The molecule has 1 unspecified atom stereocenters. The number of imide groups is 1. The Morgan fingerprint density at radius 1 is 1.14 bits per heavy atom. The Labute approximate surface area is 124 Å². The van der Waals surface area contributed by atoms with Crippen molar-refractivity contribution < 1.29 is 19.1 Å². The van der Waals surface area contributed by atoms with Crippen molar-refractivity contribution >= 4 is 11.9 Å². The number of amides is 3. The van der Waals surface area contributed by atoms with E-state index in [2.05, 4.69) is 5.32 Å². The van der Waals surface area contributed by atoms with E-state index in [9.17, 15) is 9.59 Å². The second kappa shape index (κ2) is 7.19. The van der Waals surface area contributed by atoms with Gasteiger partial charge in [-0.25, -0.2) is 4.79 Å². The molecule has 114 valence electrons. The molecule has 2 rings (SSSR count). The first kappa shape index (κ1) is 15.5. The topological polar surface area (TPSA) is 67.9 Å². The molecule has 1 heterocycles. The van der Waals surface area contributed by atoms with Gasteiger partial charge in [-0.2, -0.15) is 0 Å². The van der Waals surface area contributed by atoms with Gasteiger partial charge in [-0.15, -0.1) is 0 Å². The zero-order valence-corrected chi connectivity index (χ0v) is 12.2. The summed E-state index contributed by atoms with van der Waals surface area (Å²) >= 11 is 0. The quantitative estimate of drug-likeness (QED) is 0.613. The Morgan fingerprint density at radius 2 is 1.76 bits per heavy atom. The van der Waals surface area contributed by atoms with E-state index >= 15 is 0 Å². The molecule has 0 bridgehead atoms. The summed E-state index contributed by atoms with van der Waals surface area (Å²) in [7, 11) is 0. The molecule has 1 saturated heterocycles. The molecule has 6 heteroatoms. The Morgan fingerprint density at radius 3 is 2.33 bits per heavy atom. The molecule has 1 fully saturated rings. The van der Waals surface area contributed by atoms with Gasteiger partial charge in [0.2, 0.25) is 0 Å². The van der Waals surface area contributed by atoms with Crippen LogP contribution in [0, 0.1) is 0 Å². The minimum atomic E-state index is -0.636. The van der Waals surface area contributed by atoms with Gasteiger partial charge in [-0.05, 0) is 19.4 Å². The van der Waals surface area contributed by atoms with E-state index in [0.717, 1.165) is 10.5 Å². The second-order valence-corrected chi connectivity index (χ2v) is 4.58. The van der Waals surface area contributed by atoms with Crippen LogP contribution in [-0.2, 0) is 14.3 Å². The monoisotopic (exact) mass is 292 g/mol. The second-order valence-electron chi connectivity index (χ2n) is 4.58. The summed E-state index contributed by atoms with van der Waals surface area (Å²) < 4.78 is 10.8. The maximum atomic E-state index is 12.4. The van der Waals surface area contributed by atoms with Gasteiger partial charge in [0.25, 0.3) is 5.91 Å². The molecule has 0 radical (unpaired) electrons. The summed E-state index contributed by atoms with van der Waals surface area (Å²) in [5, 5.41) is 2.69. The number of carbonyl (C=O) groups is 2. The van der Waals surface area contributed by atoms with Gasteiger partial charge in [0.15, 0.2) is 6.29 Å². The predicted molar refractivity (Wildman–Crippen MR) is 76.5 cm³/mol. The van der Waals surface area contributed by atoms with E-state index in [4.69, 9.17) is 9.47 Å². The molecule has 0 aromatic heterocycles. The van der Waals surface area contributed by atoms with Crippen molar-refractivity contribution in [1.82, 2.24) is 10.2 Å². The van der Waals surface area contributed by atoms with Crippen LogP contribution in [0.3, 0.4) is 0 Å². The van der Waals surface area contributed by atoms with Crippen molar-refractivity contribution in [3.8, 4) is 0 Å². The van der Waals surface area contributed by atoms with Crippen LogP contribution in [0.4, 0.5) is 4.79 Å². The van der Waals surface area contributed by atoms with Crippen molar-refractivity contribution in [1.29, 1.82) is 0 Å². The maximum Gasteiger partial charge on any atom is 0.325 e. The summed E-state index contributed by atoms with van der Waals surface area (Å²) in [5.41, 5.74) is 0.766. The molecule has 1 atom stereocenters. The SMILES string of the molecule is CCOC(CN1C(=O)NC(c2ccccc2)C1=O)OCC. The molecule has 6 nitrogen and oxygen atoms in total. The first-order valence-electron chi connectivity index (χ1n) is 7.07. The number of ether oxygens (including phenoxy) is 2. The lowest BCUT2D eigenvalue weighted by Crippen LogP contribution is -2.40. The summed E-state index contributed by atoms with van der Waals surface area (Å²) in [6.07, 6.45) is -0.593. The number of rotatable bonds is 7. The minimum absolute atomic E-state index is 0.0929. The van der Waals surface area contributed by atoms with Crippen LogP contribution in [0.5, 0.6) is 0 Å². The standard InChI is InChI=1S/C15H20N2O4/c1-3-20-12(21-4-2)10-17-14(18)13(16-15(17)19)11-8-6-5-7-9-11/h5-9,12-13H,3-4,10H2,1-2H3,(H,16,19). The highest BCUT2D eigenvalue weighted by atomic mass is 16.7. The Bertz CT molecular complexity index is 486. The van der Waals surface area contributed by atoms with Gasteiger partial charge in [-0.1, -0.05) is 30.3 Å². The lowest BCUT2D eigenvalue weighted by atomic mass is 10.1. The fourth-order valence-corrected chi connectivity index (χ4v) is 2.24. The average Bonchev–Trinajstić information content (AvgIpc) is 2.77. The van der Waals surface area contributed by atoms with Gasteiger partial charge >= 0.3 is 6.03 Å². The molecule has 0 aliphatic carbocycles. The predicted octanol–water partition coefficient (Wildman–Crippen LogP) is 1.68. The van der Waals surface area contributed by atoms with Crippen molar-refractivity contribution in [3.63, 3.8) is 0 Å². The van der Waals surface area contributed by atoms with Crippen LogP contribution in [0.1, 0.15) is 25.5 Å². The Hall–Kier alpha value is -1.92. The average molecular weight is 292 g/mol. The third-order valence-electron chi connectivity index (χ3n) is 3.20. The van der Waals surface area contributed by atoms with Crippen molar-refractivity contribution in [3.05, 3.63) is 35.9 Å². The van der Waals surface area contributed by atoms with Gasteiger partial charge in [0, 0.05) is 13.2 Å². The van der Waals surface area contributed by atoms with Crippen LogP contribution in [-0.4, -0.2) is 42.9 Å². The summed E-state index contributed by atoms with van der Waals surface area (Å²) in [4.78, 5) is 25.5. The van der Waals surface area contributed by atoms with E-state index in [-0.39, 0.29) is 12.5 Å². The van der Waals surface area contributed by atoms with Crippen LogP contribution in [0.15, 0.2) is 30.3 Å². The van der Waals surface area contributed by atoms with Crippen molar-refractivity contribution in [2.24, 2.45) is 0 Å². The first-order valence-corrected chi connectivity index (χ1v) is 7.07. The van der Waals surface area contributed by atoms with Gasteiger partial charge < -0.3 is 14.8 Å². The van der Waals surface area contributed by atoms with Crippen LogP contribution < -0.4 is 5.32 Å². The molecule has 0 saturated carbocycles. The molecule has 1 aliphatic heterocycles. The number of nitrogens with zero attached hydrogens (tertiary/aromatic N) is 1. The van der Waals surface area contributed by atoms with E-state index in [1.807, 2.05) is 44.2 Å². The van der Waals surface area contributed by atoms with Gasteiger partial charge in [0.05, 0.1) is 6.54 Å². The Balaban J connectivity index is 2.07. The fraction of sp³-hybridized carbons (Fsp3) is 0.467. The molecule has 1 aliphatic rings. The Kier molecular flexibility index (Phi) is 5.30. The van der Waals surface area contributed by atoms with E-state index in [0.29, 0.717) is 13.2 Å².